The molecule has 0 aromatic carbocycles. The molecule has 70 valence electrons. The van der Waals surface area contributed by atoms with E-state index >= 15 is 0 Å². The maximum absolute atomic E-state index is 11.0. The minimum absolute atomic E-state index is 0.0189. The van der Waals surface area contributed by atoms with Crippen LogP contribution in [0.1, 0.15) is 6.42 Å². The summed E-state index contributed by atoms with van der Waals surface area (Å²) in [6.07, 6.45) is 4.47. The second-order valence-corrected chi connectivity index (χ2v) is 3.72. The third-order valence-electron chi connectivity index (χ3n) is 3.06. The molecule has 2 aliphatic carbocycles. The first-order valence-electron chi connectivity index (χ1n) is 4.29. The molecule has 4 atom stereocenters. The van der Waals surface area contributed by atoms with Crippen LogP contribution in [-0.4, -0.2) is 11.9 Å². The van der Waals surface area contributed by atoms with Gasteiger partial charge in [0.2, 0.25) is 5.91 Å². The lowest BCUT2D eigenvalue weighted by Gasteiger charge is -2.25. The first-order valence-corrected chi connectivity index (χ1v) is 4.29. The molecule has 4 heteroatoms. The molecule has 0 radical (unpaired) electrons. The molecule has 2 aliphatic rings. The van der Waals surface area contributed by atoms with Gasteiger partial charge in [0, 0.05) is 11.9 Å². The van der Waals surface area contributed by atoms with Gasteiger partial charge in [-0.3, -0.25) is 4.79 Å². The zero-order valence-electron chi connectivity index (χ0n) is 6.97. The van der Waals surface area contributed by atoms with Crippen LogP contribution in [0.4, 0.5) is 0 Å². The fourth-order valence-electron chi connectivity index (χ4n) is 2.53. The van der Waals surface area contributed by atoms with Crippen LogP contribution in [0.15, 0.2) is 12.2 Å². The van der Waals surface area contributed by atoms with Crippen molar-refractivity contribution in [3.8, 4) is 0 Å². The molecule has 0 aliphatic heterocycles. The lowest BCUT2D eigenvalue weighted by molar-refractivity contribution is -0.313. The van der Waals surface area contributed by atoms with E-state index in [1.807, 2.05) is 12.2 Å². The van der Waals surface area contributed by atoms with Crippen molar-refractivity contribution in [1.82, 2.24) is 0 Å². The summed E-state index contributed by atoms with van der Waals surface area (Å²) in [7, 11) is 0. The third kappa shape index (κ3) is 1.05. The monoisotopic (exact) mass is 180 g/mol. The smallest absolute Gasteiger partial charge is 0.221 e. The van der Waals surface area contributed by atoms with Gasteiger partial charge in [0.05, 0.1) is 5.92 Å². The number of rotatable bonds is 2. The Labute approximate surface area is 75.4 Å². The van der Waals surface area contributed by atoms with Crippen LogP contribution in [0.25, 0.3) is 0 Å². The number of aliphatic carboxylic acids is 1. The van der Waals surface area contributed by atoms with Gasteiger partial charge in [-0.1, -0.05) is 12.2 Å². The minimum Gasteiger partial charge on any atom is -0.550 e. The average molecular weight is 180 g/mol. The quantitative estimate of drug-likeness (QED) is 0.534. The normalized spacial score (nSPS) is 40.9. The Bertz CT molecular complexity index is 269. The van der Waals surface area contributed by atoms with Gasteiger partial charge in [0.15, 0.2) is 0 Å². The molecule has 2 rings (SSSR count). The van der Waals surface area contributed by atoms with Gasteiger partial charge >= 0.3 is 0 Å². The summed E-state index contributed by atoms with van der Waals surface area (Å²) in [5.74, 6) is -2.96. The number of nitrogens with two attached hydrogens (primary N) is 1. The van der Waals surface area contributed by atoms with Crippen LogP contribution < -0.4 is 10.8 Å². The lowest BCUT2D eigenvalue weighted by Crippen LogP contribution is -2.43. The van der Waals surface area contributed by atoms with Crippen LogP contribution >= 0.6 is 0 Å². The molecule has 4 nitrogen and oxygen atoms in total. The molecule has 0 aromatic rings. The molecule has 1 fully saturated rings. The van der Waals surface area contributed by atoms with Crippen molar-refractivity contribution < 1.29 is 14.7 Å². The predicted molar refractivity (Wildman–Crippen MR) is 41.9 cm³/mol. The van der Waals surface area contributed by atoms with Crippen LogP contribution in [0, 0.1) is 23.7 Å². The molecule has 2 bridgehead atoms. The largest absolute Gasteiger partial charge is 0.550 e. The number of carboxylic acids is 1. The van der Waals surface area contributed by atoms with Gasteiger partial charge in [0.1, 0.15) is 0 Å². The van der Waals surface area contributed by atoms with Crippen molar-refractivity contribution in [2.45, 2.75) is 6.42 Å². The molecule has 1 amide bonds. The highest BCUT2D eigenvalue weighted by Gasteiger charge is 2.47. The minimum atomic E-state index is -1.15. The molecule has 1 saturated carbocycles. The highest BCUT2D eigenvalue weighted by molar-refractivity contribution is 5.85. The molecular weight excluding hydrogens is 170 g/mol. The molecular formula is C9H10NO3-. The zero-order valence-corrected chi connectivity index (χ0v) is 6.97. The van der Waals surface area contributed by atoms with Crippen LogP contribution in [0.2, 0.25) is 0 Å². The lowest BCUT2D eigenvalue weighted by atomic mass is 9.83. The van der Waals surface area contributed by atoms with E-state index in [0.29, 0.717) is 0 Å². The van der Waals surface area contributed by atoms with Gasteiger partial charge in [-0.05, 0) is 18.3 Å². The predicted octanol–water partition coefficient (Wildman–Crippen LogP) is -1.34. The Morgan fingerprint density at radius 3 is 2.15 bits per heavy atom. The first kappa shape index (κ1) is 8.29. The molecule has 0 heterocycles. The molecule has 0 unspecified atom stereocenters. The number of hydrogen-bond acceptors (Lipinski definition) is 3. The standard InChI is InChI=1S/C9H11NO3/c10-8(11)6-4-1-2-5(3-4)7(6)9(12)13/h1-2,4-7H,3H2,(H2,10,11)(H,12,13)/p-1/t4-,5-,6-,7+/m1/s1. The molecule has 0 spiro atoms. The van der Waals surface area contributed by atoms with E-state index in [2.05, 4.69) is 0 Å². The highest BCUT2D eigenvalue weighted by Crippen LogP contribution is 2.47. The van der Waals surface area contributed by atoms with Crippen molar-refractivity contribution in [2.24, 2.45) is 29.4 Å². The maximum Gasteiger partial charge on any atom is 0.221 e. The number of carboxylic acid groups (broad SMARTS) is 1. The highest BCUT2D eigenvalue weighted by atomic mass is 16.4. The molecule has 13 heavy (non-hydrogen) atoms. The number of allylic oxidation sites excluding steroid dienone is 2. The maximum atomic E-state index is 11.0. The van der Waals surface area contributed by atoms with E-state index in [-0.39, 0.29) is 11.8 Å². The summed E-state index contributed by atoms with van der Waals surface area (Å²) in [6, 6.07) is 0. The number of carbonyl (C=O) groups excluding carboxylic acids is 2. The Morgan fingerprint density at radius 1 is 1.23 bits per heavy atom. The van der Waals surface area contributed by atoms with E-state index in [0.717, 1.165) is 6.42 Å². The van der Waals surface area contributed by atoms with E-state index < -0.39 is 23.7 Å². The average Bonchev–Trinajstić information content (AvgIpc) is 2.60. The topological polar surface area (TPSA) is 83.2 Å². The molecule has 2 N–H and O–H groups in total. The van der Waals surface area contributed by atoms with E-state index in [4.69, 9.17) is 5.73 Å². The number of hydrogen-bond donors (Lipinski definition) is 1. The molecule has 0 aromatic heterocycles. The van der Waals surface area contributed by atoms with Crippen molar-refractivity contribution in [2.75, 3.05) is 0 Å². The second-order valence-electron chi connectivity index (χ2n) is 3.72. The van der Waals surface area contributed by atoms with Gasteiger partial charge in [-0.2, -0.15) is 0 Å². The number of fused-ring (bicyclic) bond motifs is 2. The van der Waals surface area contributed by atoms with Crippen molar-refractivity contribution >= 4 is 11.9 Å². The van der Waals surface area contributed by atoms with Crippen molar-refractivity contribution in [1.29, 1.82) is 0 Å². The fourth-order valence-corrected chi connectivity index (χ4v) is 2.53. The van der Waals surface area contributed by atoms with Gasteiger partial charge < -0.3 is 15.6 Å². The zero-order chi connectivity index (χ0) is 9.59. The van der Waals surface area contributed by atoms with Gasteiger partial charge in [-0.25, -0.2) is 0 Å². The Morgan fingerprint density at radius 2 is 1.77 bits per heavy atom. The first-order chi connectivity index (χ1) is 6.11. The number of carbonyl (C=O) groups is 2. The van der Waals surface area contributed by atoms with Gasteiger partial charge in [0.25, 0.3) is 0 Å². The fraction of sp³-hybridized carbons (Fsp3) is 0.556. The summed E-state index contributed by atoms with van der Waals surface area (Å²) in [5.41, 5.74) is 5.15. The SMILES string of the molecule is NC(=O)[C@H]1[C@@H](C(=O)[O-])[C@@H]2C=C[C@@H]1C2. The number of primary amides is 1. The van der Waals surface area contributed by atoms with Gasteiger partial charge in [-0.15, -0.1) is 0 Å². The summed E-state index contributed by atoms with van der Waals surface area (Å²) in [6.45, 7) is 0. The van der Waals surface area contributed by atoms with E-state index in [9.17, 15) is 14.7 Å². The summed E-state index contributed by atoms with van der Waals surface area (Å²) in [4.78, 5) is 21.8. The van der Waals surface area contributed by atoms with Crippen molar-refractivity contribution in [3.05, 3.63) is 12.2 Å². The second kappa shape index (κ2) is 2.58. The number of amides is 1. The summed E-state index contributed by atoms with van der Waals surface area (Å²) in [5, 5.41) is 10.8. The Kier molecular flexibility index (Phi) is 1.65. The van der Waals surface area contributed by atoms with Crippen LogP contribution in [0.5, 0.6) is 0 Å². The summed E-state index contributed by atoms with van der Waals surface area (Å²) >= 11 is 0. The van der Waals surface area contributed by atoms with E-state index in [1.54, 1.807) is 0 Å². The summed E-state index contributed by atoms with van der Waals surface area (Å²) < 4.78 is 0. The van der Waals surface area contributed by atoms with Crippen LogP contribution in [0.3, 0.4) is 0 Å². The Hall–Kier alpha value is -1.32. The van der Waals surface area contributed by atoms with Crippen LogP contribution in [-0.2, 0) is 9.59 Å². The molecule has 0 saturated heterocycles. The Balaban J connectivity index is 2.30. The van der Waals surface area contributed by atoms with E-state index in [1.165, 1.54) is 0 Å². The third-order valence-corrected chi connectivity index (χ3v) is 3.06. The van der Waals surface area contributed by atoms with Crippen molar-refractivity contribution in [3.63, 3.8) is 0 Å².